The van der Waals surface area contributed by atoms with Gasteiger partial charge in [-0.3, -0.25) is 0 Å². The molecular weight excluding hydrogens is 298 g/mol. The standard InChI is InChI=1S/C17H37NO3S/c1-4-5-6-7-8-9-10-11-12-13-14-17(2,15-16-18-3)22(19,20)21/h18H,4-16H2,1-3H3,(H,19,20,21). The van der Waals surface area contributed by atoms with Crippen molar-refractivity contribution in [2.24, 2.45) is 0 Å². The monoisotopic (exact) mass is 335 g/mol. The molecule has 0 aromatic rings. The van der Waals surface area contributed by atoms with Gasteiger partial charge >= 0.3 is 0 Å². The molecule has 0 aliphatic carbocycles. The van der Waals surface area contributed by atoms with E-state index in [9.17, 15) is 13.0 Å². The zero-order chi connectivity index (χ0) is 16.9. The van der Waals surface area contributed by atoms with Crippen LogP contribution in [0, 0.1) is 0 Å². The molecule has 0 amide bonds. The summed E-state index contributed by atoms with van der Waals surface area (Å²) in [6, 6.07) is 0. The van der Waals surface area contributed by atoms with Crippen molar-refractivity contribution in [3.8, 4) is 0 Å². The highest BCUT2D eigenvalue weighted by atomic mass is 32.2. The van der Waals surface area contributed by atoms with Gasteiger partial charge in [0.15, 0.2) is 0 Å². The maximum atomic E-state index is 11.5. The normalized spacial score (nSPS) is 14.9. The third kappa shape index (κ3) is 9.80. The van der Waals surface area contributed by atoms with Gasteiger partial charge in [-0.15, -0.1) is 0 Å². The third-order valence-electron chi connectivity index (χ3n) is 4.62. The molecule has 0 fully saturated rings. The second-order valence-corrected chi connectivity index (χ2v) is 8.68. The summed E-state index contributed by atoms with van der Waals surface area (Å²) in [5.74, 6) is 0. The Labute approximate surface area is 138 Å². The Kier molecular flexibility index (Phi) is 12.2. The third-order valence-corrected chi connectivity index (χ3v) is 6.24. The van der Waals surface area contributed by atoms with Crippen LogP contribution in [0.4, 0.5) is 0 Å². The van der Waals surface area contributed by atoms with Crippen molar-refractivity contribution >= 4 is 10.1 Å². The van der Waals surface area contributed by atoms with Crippen LogP contribution in [-0.4, -0.2) is 31.3 Å². The second-order valence-electron chi connectivity index (χ2n) is 6.78. The lowest BCUT2D eigenvalue weighted by atomic mass is 9.97. The fourth-order valence-electron chi connectivity index (χ4n) is 2.81. The van der Waals surface area contributed by atoms with Crippen LogP contribution >= 0.6 is 0 Å². The van der Waals surface area contributed by atoms with Crippen molar-refractivity contribution in [1.29, 1.82) is 0 Å². The van der Waals surface area contributed by atoms with E-state index in [0.29, 0.717) is 19.4 Å². The van der Waals surface area contributed by atoms with Gasteiger partial charge in [0.1, 0.15) is 10.1 Å². The summed E-state index contributed by atoms with van der Waals surface area (Å²) in [5.41, 5.74) is 0. The minimum absolute atomic E-state index is 0.451. The van der Waals surface area contributed by atoms with Crippen LogP contribution in [0.25, 0.3) is 0 Å². The van der Waals surface area contributed by atoms with Crippen molar-refractivity contribution in [2.75, 3.05) is 13.6 Å². The second kappa shape index (κ2) is 12.3. The number of quaternary nitrogens is 1. The lowest BCUT2D eigenvalue weighted by Crippen LogP contribution is -2.80. The Morgan fingerprint density at radius 1 is 0.864 bits per heavy atom. The van der Waals surface area contributed by atoms with E-state index in [1.54, 1.807) is 6.92 Å². The summed E-state index contributed by atoms with van der Waals surface area (Å²) in [5, 5.41) is 1.93. The Hall–Kier alpha value is -0.130. The van der Waals surface area contributed by atoms with Crippen molar-refractivity contribution < 1.29 is 18.3 Å². The highest BCUT2D eigenvalue weighted by Gasteiger charge is 2.31. The number of rotatable bonds is 15. The zero-order valence-corrected chi connectivity index (χ0v) is 15.7. The van der Waals surface area contributed by atoms with Gasteiger partial charge in [-0.25, -0.2) is 8.42 Å². The summed E-state index contributed by atoms with van der Waals surface area (Å²) in [6.45, 7) is 4.54. The van der Waals surface area contributed by atoms with Crippen molar-refractivity contribution in [2.45, 2.75) is 95.6 Å². The van der Waals surface area contributed by atoms with Gasteiger partial charge in [0, 0.05) is 6.42 Å². The molecule has 1 atom stereocenters. The molecule has 0 saturated heterocycles. The van der Waals surface area contributed by atoms with E-state index in [-0.39, 0.29) is 0 Å². The first-order chi connectivity index (χ1) is 10.4. The highest BCUT2D eigenvalue weighted by molar-refractivity contribution is 7.87. The maximum absolute atomic E-state index is 11.5. The number of hydrogen-bond acceptors (Lipinski definition) is 3. The molecule has 0 radical (unpaired) electrons. The zero-order valence-electron chi connectivity index (χ0n) is 14.9. The van der Waals surface area contributed by atoms with Gasteiger partial charge in [0.2, 0.25) is 0 Å². The molecule has 0 bridgehead atoms. The predicted molar refractivity (Wildman–Crippen MR) is 91.9 cm³/mol. The van der Waals surface area contributed by atoms with Crippen LogP contribution in [0.2, 0.25) is 0 Å². The van der Waals surface area contributed by atoms with E-state index in [2.05, 4.69) is 6.92 Å². The molecule has 0 aromatic heterocycles. The van der Waals surface area contributed by atoms with Crippen molar-refractivity contribution in [1.82, 2.24) is 0 Å². The Morgan fingerprint density at radius 3 is 1.73 bits per heavy atom. The Balaban J connectivity index is 3.77. The summed E-state index contributed by atoms with van der Waals surface area (Å²) in [4.78, 5) is 0. The van der Waals surface area contributed by atoms with Crippen LogP contribution in [0.3, 0.4) is 0 Å². The molecule has 22 heavy (non-hydrogen) atoms. The number of hydrogen-bond donors (Lipinski definition) is 1. The summed E-state index contributed by atoms with van der Waals surface area (Å²) < 4.78 is 33.4. The van der Waals surface area contributed by atoms with E-state index in [1.807, 2.05) is 12.4 Å². The molecule has 1 unspecified atom stereocenters. The minimum Gasteiger partial charge on any atom is -0.748 e. The van der Waals surface area contributed by atoms with E-state index in [1.165, 1.54) is 44.9 Å². The van der Waals surface area contributed by atoms with Gasteiger partial charge in [-0.1, -0.05) is 71.1 Å². The van der Waals surface area contributed by atoms with Gasteiger partial charge < -0.3 is 9.87 Å². The van der Waals surface area contributed by atoms with E-state index in [0.717, 1.165) is 19.3 Å². The Morgan fingerprint density at radius 2 is 1.32 bits per heavy atom. The van der Waals surface area contributed by atoms with Crippen LogP contribution < -0.4 is 5.32 Å². The van der Waals surface area contributed by atoms with E-state index in [4.69, 9.17) is 0 Å². The lowest BCUT2D eigenvalue weighted by molar-refractivity contribution is -0.627. The van der Waals surface area contributed by atoms with Crippen molar-refractivity contribution in [3.63, 3.8) is 0 Å². The molecule has 0 rings (SSSR count). The molecule has 2 N–H and O–H groups in total. The molecule has 0 aliphatic heterocycles. The van der Waals surface area contributed by atoms with Crippen LogP contribution in [-0.2, 0) is 10.1 Å². The van der Waals surface area contributed by atoms with Gasteiger partial charge in [-0.05, 0) is 13.3 Å². The first kappa shape index (κ1) is 21.9. The minimum atomic E-state index is -4.22. The fraction of sp³-hybridized carbons (Fsp3) is 1.00. The molecular formula is C17H37NO3S. The first-order valence-corrected chi connectivity index (χ1v) is 10.5. The molecule has 0 aliphatic rings. The molecule has 0 spiro atoms. The lowest BCUT2D eigenvalue weighted by Gasteiger charge is -2.31. The molecule has 4 nitrogen and oxygen atoms in total. The van der Waals surface area contributed by atoms with Crippen LogP contribution in [0.5, 0.6) is 0 Å². The molecule has 5 heteroatoms. The van der Waals surface area contributed by atoms with Gasteiger partial charge in [0.05, 0.1) is 18.3 Å². The largest absolute Gasteiger partial charge is 0.748 e. The summed E-state index contributed by atoms with van der Waals surface area (Å²) in [6.07, 6.45) is 13.2. The quantitative estimate of drug-likeness (QED) is 0.369. The highest BCUT2D eigenvalue weighted by Crippen LogP contribution is 2.27. The topological polar surface area (TPSA) is 73.8 Å². The van der Waals surface area contributed by atoms with E-state index >= 15 is 0 Å². The van der Waals surface area contributed by atoms with Gasteiger partial charge in [0.25, 0.3) is 0 Å². The van der Waals surface area contributed by atoms with E-state index < -0.39 is 14.9 Å². The molecule has 0 aromatic carbocycles. The molecule has 134 valence electrons. The fourth-order valence-corrected chi connectivity index (χ4v) is 3.57. The van der Waals surface area contributed by atoms with Crippen LogP contribution in [0.15, 0.2) is 0 Å². The predicted octanol–water partition coefficient (Wildman–Crippen LogP) is 3.18. The molecule has 0 heterocycles. The average molecular weight is 336 g/mol. The van der Waals surface area contributed by atoms with Gasteiger partial charge in [-0.2, -0.15) is 0 Å². The average Bonchev–Trinajstić information content (AvgIpc) is 2.46. The van der Waals surface area contributed by atoms with Crippen molar-refractivity contribution in [3.05, 3.63) is 0 Å². The number of nitrogens with two attached hydrogens (primary N) is 1. The first-order valence-electron chi connectivity index (χ1n) is 9.10. The molecule has 0 saturated carbocycles. The number of unbranched alkanes of at least 4 members (excludes halogenated alkanes) is 9. The smallest absolute Gasteiger partial charge is 0.100 e. The maximum Gasteiger partial charge on any atom is 0.100 e. The Bertz CT molecular complexity index is 357. The summed E-state index contributed by atoms with van der Waals surface area (Å²) >= 11 is 0. The SMILES string of the molecule is CCCCCCCCCCCCC(C)(CC[NH2+]C)S(=O)(=O)[O-]. The van der Waals surface area contributed by atoms with Crippen LogP contribution in [0.1, 0.15) is 90.9 Å². The summed E-state index contributed by atoms with van der Waals surface area (Å²) in [7, 11) is -2.32.